The van der Waals surface area contributed by atoms with Crippen LogP contribution in [0.1, 0.15) is 25.3 Å². The molecule has 0 aliphatic carbocycles. The largest absolute Gasteiger partial charge is 0.466 e. The van der Waals surface area contributed by atoms with Gasteiger partial charge in [0, 0.05) is 41.7 Å². The number of aromatic nitrogens is 2. The molecule has 0 spiro atoms. The average molecular weight is 407 g/mol. The Hall–Kier alpha value is -3.06. The third kappa shape index (κ3) is 4.35. The lowest BCUT2D eigenvalue weighted by Crippen LogP contribution is -2.16. The highest BCUT2D eigenvalue weighted by atomic mass is 32.2. The number of rotatable bonds is 6. The van der Waals surface area contributed by atoms with Gasteiger partial charge in [0.15, 0.2) is 0 Å². The second kappa shape index (κ2) is 8.53. The molecule has 4 rings (SSSR count). The van der Waals surface area contributed by atoms with Crippen molar-refractivity contribution >= 4 is 46.4 Å². The lowest BCUT2D eigenvalue weighted by atomic mass is 10.2. The third-order valence-corrected chi connectivity index (χ3v) is 5.73. The molecule has 0 unspecified atom stereocenters. The van der Waals surface area contributed by atoms with Crippen LogP contribution in [0.4, 0.5) is 5.69 Å². The number of carbonyl (C=O) groups excluding carboxylic acids is 2. The molecule has 6 nitrogen and oxygen atoms in total. The van der Waals surface area contributed by atoms with Crippen LogP contribution in [0, 0.1) is 0 Å². The SMILES string of the molecule is CC(=O)OCCCCn1cc(C=C2Sc3ccccc3NC2=O)c2cccnc21. The Morgan fingerprint density at radius 1 is 1.24 bits per heavy atom. The Balaban J connectivity index is 1.57. The number of fused-ring (bicyclic) bond motifs is 2. The number of para-hydroxylation sites is 1. The van der Waals surface area contributed by atoms with Gasteiger partial charge in [-0.2, -0.15) is 0 Å². The van der Waals surface area contributed by atoms with E-state index in [1.807, 2.05) is 48.7 Å². The Labute approximate surface area is 173 Å². The van der Waals surface area contributed by atoms with Crippen molar-refractivity contribution in [1.29, 1.82) is 0 Å². The average Bonchev–Trinajstić information content (AvgIpc) is 3.06. The maximum atomic E-state index is 12.5. The number of amides is 1. The molecule has 3 aromatic rings. The Bertz CT molecular complexity index is 1100. The molecule has 1 aromatic carbocycles. The molecule has 1 N–H and O–H groups in total. The summed E-state index contributed by atoms with van der Waals surface area (Å²) >= 11 is 1.48. The number of nitrogens with one attached hydrogen (secondary N) is 1. The van der Waals surface area contributed by atoms with Crippen molar-refractivity contribution in [2.24, 2.45) is 0 Å². The molecule has 0 atom stereocenters. The van der Waals surface area contributed by atoms with E-state index in [1.54, 1.807) is 6.20 Å². The first kappa shape index (κ1) is 19.3. The minimum Gasteiger partial charge on any atom is -0.466 e. The molecule has 29 heavy (non-hydrogen) atoms. The molecular weight excluding hydrogens is 386 g/mol. The number of anilines is 1. The smallest absolute Gasteiger partial charge is 0.302 e. The van der Waals surface area contributed by atoms with E-state index < -0.39 is 0 Å². The van der Waals surface area contributed by atoms with E-state index in [0.717, 1.165) is 46.6 Å². The zero-order chi connectivity index (χ0) is 20.2. The predicted octanol–water partition coefficient (Wildman–Crippen LogP) is 4.46. The summed E-state index contributed by atoms with van der Waals surface area (Å²) in [7, 11) is 0. The third-order valence-electron chi connectivity index (χ3n) is 4.63. The van der Waals surface area contributed by atoms with Crippen LogP contribution in [-0.4, -0.2) is 28.0 Å². The van der Waals surface area contributed by atoms with Gasteiger partial charge >= 0.3 is 5.97 Å². The van der Waals surface area contributed by atoms with Crippen LogP contribution in [0.5, 0.6) is 0 Å². The maximum Gasteiger partial charge on any atom is 0.302 e. The molecule has 0 saturated carbocycles. The van der Waals surface area contributed by atoms with Crippen LogP contribution in [-0.2, 0) is 20.9 Å². The van der Waals surface area contributed by atoms with Crippen molar-refractivity contribution < 1.29 is 14.3 Å². The summed E-state index contributed by atoms with van der Waals surface area (Å²) in [5.74, 6) is -0.350. The highest BCUT2D eigenvalue weighted by Gasteiger charge is 2.21. The summed E-state index contributed by atoms with van der Waals surface area (Å²) in [6, 6.07) is 11.7. The van der Waals surface area contributed by atoms with Gasteiger partial charge < -0.3 is 14.6 Å². The molecule has 1 amide bonds. The summed E-state index contributed by atoms with van der Waals surface area (Å²) in [6.07, 6.45) is 7.39. The van der Waals surface area contributed by atoms with Gasteiger partial charge in [0.25, 0.3) is 5.91 Å². The molecule has 0 radical (unpaired) electrons. The van der Waals surface area contributed by atoms with E-state index in [-0.39, 0.29) is 11.9 Å². The number of hydrogen-bond acceptors (Lipinski definition) is 5. The van der Waals surface area contributed by atoms with Gasteiger partial charge in [-0.3, -0.25) is 9.59 Å². The number of nitrogens with zero attached hydrogens (tertiary/aromatic N) is 2. The van der Waals surface area contributed by atoms with E-state index >= 15 is 0 Å². The molecule has 3 heterocycles. The minimum atomic E-state index is -0.253. The van der Waals surface area contributed by atoms with E-state index in [4.69, 9.17) is 4.74 Å². The van der Waals surface area contributed by atoms with Crippen LogP contribution in [0.3, 0.4) is 0 Å². The highest BCUT2D eigenvalue weighted by Crippen LogP contribution is 2.39. The van der Waals surface area contributed by atoms with Crippen LogP contribution in [0.25, 0.3) is 17.1 Å². The molecular formula is C22H21N3O3S. The summed E-state index contributed by atoms with van der Waals surface area (Å²) in [6.45, 7) is 2.61. The number of ether oxygens (including phenoxy) is 1. The van der Waals surface area contributed by atoms with Crippen molar-refractivity contribution in [3.63, 3.8) is 0 Å². The second-order valence-electron chi connectivity index (χ2n) is 6.76. The van der Waals surface area contributed by atoms with Gasteiger partial charge in [-0.25, -0.2) is 4.98 Å². The standard InChI is InChI=1S/C22H21N3O3S/c1-15(26)28-12-5-4-11-25-14-16(17-7-6-10-23-21(17)25)13-20-22(27)24-18-8-2-3-9-19(18)29-20/h2-3,6-10,13-14H,4-5,11-12H2,1H3,(H,24,27). The van der Waals surface area contributed by atoms with Crippen LogP contribution < -0.4 is 5.32 Å². The first-order valence-electron chi connectivity index (χ1n) is 9.49. The number of hydrogen-bond donors (Lipinski definition) is 1. The monoisotopic (exact) mass is 407 g/mol. The van der Waals surface area contributed by atoms with Gasteiger partial charge in [-0.05, 0) is 43.2 Å². The van der Waals surface area contributed by atoms with Gasteiger partial charge in [0.1, 0.15) is 5.65 Å². The molecule has 0 fully saturated rings. The number of carbonyl (C=O) groups is 2. The Kier molecular flexibility index (Phi) is 5.67. The fourth-order valence-corrected chi connectivity index (χ4v) is 4.22. The number of unbranched alkanes of at least 4 members (excludes halogenated alkanes) is 1. The van der Waals surface area contributed by atoms with Crippen molar-refractivity contribution in [3.05, 3.63) is 59.3 Å². The second-order valence-corrected chi connectivity index (χ2v) is 7.84. The zero-order valence-electron chi connectivity index (χ0n) is 16.1. The molecule has 2 aromatic heterocycles. The highest BCUT2D eigenvalue weighted by molar-refractivity contribution is 8.04. The maximum absolute atomic E-state index is 12.5. The van der Waals surface area contributed by atoms with E-state index in [2.05, 4.69) is 14.9 Å². The lowest BCUT2D eigenvalue weighted by Gasteiger charge is -2.18. The number of thioether (sulfide) groups is 1. The summed E-state index contributed by atoms with van der Waals surface area (Å²) in [5, 5.41) is 3.96. The number of esters is 1. The lowest BCUT2D eigenvalue weighted by molar-refractivity contribution is -0.141. The minimum absolute atomic E-state index is 0.0973. The van der Waals surface area contributed by atoms with Crippen LogP contribution in [0.2, 0.25) is 0 Å². The van der Waals surface area contributed by atoms with Crippen LogP contribution >= 0.6 is 11.8 Å². The summed E-state index contributed by atoms with van der Waals surface area (Å²) in [5.41, 5.74) is 2.69. The molecule has 148 valence electrons. The Morgan fingerprint density at radius 3 is 2.97 bits per heavy atom. The first-order valence-corrected chi connectivity index (χ1v) is 10.3. The quantitative estimate of drug-likeness (QED) is 0.371. The molecule has 7 heteroatoms. The molecule has 1 aliphatic heterocycles. The fourth-order valence-electron chi connectivity index (χ4n) is 3.28. The van der Waals surface area contributed by atoms with Crippen molar-refractivity contribution in [2.75, 3.05) is 11.9 Å². The van der Waals surface area contributed by atoms with Crippen LogP contribution in [0.15, 0.2) is 58.6 Å². The topological polar surface area (TPSA) is 73.2 Å². The normalized spacial score (nSPS) is 14.7. The fraction of sp³-hybridized carbons (Fsp3) is 0.227. The summed E-state index contributed by atoms with van der Waals surface area (Å²) in [4.78, 5) is 29.6. The molecule has 0 saturated heterocycles. The van der Waals surface area contributed by atoms with E-state index in [1.165, 1.54) is 18.7 Å². The van der Waals surface area contributed by atoms with Crippen molar-refractivity contribution in [1.82, 2.24) is 9.55 Å². The number of benzene rings is 1. The summed E-state index contributed by atoms with van der Waals surface area (Å²) < 4.78 is 7.09. The van der Waals surface area contributed by atoms with E-state index in [9.17, 15) is 9.59 Å². The first-order chi connectivity index (χ1) is 14.1. The van der Waals surface area contributed by atoms with Gasteiger partial charge in [-0.1, -0.05) is 23.9 Å². The van der Waals surface area contributed by atoms with Gasteiger partial charge in [-0.15, -0.1) is 0 Å². The Morgan fingerprint density at radius 2 is 2.10 bits per heavy atom. The van der Waals surface area contributed by atoms with Crippen molar-refractivity contribution in [3.8, 4) is 0 Å². The number of aryl methyl sites for hydroxylation is 1. The van der Waals surface area contributed by atoms with Gasteiger partial charge in [0.05, 0.1) is 17.2 Å². The van der Waals surface area contributed by atoms with E-state index in [0.29, 0.717) is 11.5 Å². The van der Waals surface area contributed by atoms with Crippen molar-refractivity contribution in [2.45, 2.75) is 31.2 Å². The zero-order valence-corrected chi connectivity index (χ0v) is 16.9. The molecule has 0 bridgehead atoms. The number of pyridine rings is 1. The van der Waals surface area contributed by atoms with Gasteiger partial charge in [0.2, 0.25) is 0 Å². The predicted molar refractivity (Wildman–Crippen MR) is 115 cm³/mol. The molecule has 1 aliphatic rings.